The second-order valence-corrected chi connectivity index (χ2v) is 9.00. The standard InChI is InChI=1S/C21H22N3O3PS/c1-29(26)21(23-13-25)12-17-11-19(24-27-17)16-6-7-18(20(28)10-16)15-4-2-14(3-5-15)8-9-22/h2-7,10,13,17,21H,8,11-12,28H2,1H3,(H,23,25). The summed E-state index contributed by atoms with van der Waals surface area (Å²) >= 11 is -1.18. The Labute approximate surface area is 175 Å². The second-order valence-electron chi connectivity index (χ2n) is 6.81. The lowest BCUT2D eigenvalue weighted by Gasteiger charge is -2.19. The number of rotatable bonds is 8. The molecule has 0 spiro atoms. The summed E-state index contributed by atoms with van der Waals surface area (Å²) in [5.74, 6) is 0. The topological polar surface area (TPSA) is 97.5 Å². The minimum atomic E-state index is -1.18. The van der Waals surface area contributed by atoms with Crippen molar-refractivity contribution in [3.8, 4) is 17.2 Å². The Kier molecular flexibility index (Phi) is 7.27. The van der Waals surface area contributed by atoms with E-state index in [1.165, 1.54) is 0 Å². The molecule has 0 aliphatic carbocycles. The highest BCUT2D eigenvalue weighted by Gasteiger charge is 2.29. The molecule has 1 aliphatic heterocycles. The van der Waals surface area contributed by atoms with Crippen LogP contribution in [0, 0.1) is 11.3 Å². The highest BCUT2D eigenvalue weighted by atomic mass is 32.2. The van der Waals surface area contributed by atoms with Crippen molar-refractivity contribution in [2.75, 3.05) is 6.26 Å². The van der Waals surface area contributed by atoms with E-state index < -0.39 is 16.5 Å². The Bertz CT molecular complexity index is 941. The number of carbonyl (C=O) groups excluding carboxylic acids is 1. The fourth-order valence-corrected chi connectivity index (χ4v) is 4.41. The second kappa shape index (κ2) is 9.89. The first-order valence-electron chi connectivity index (χ1n) is 9.12. The third-order valence-corrected chi connectivity index (χ3v) is 6.41. The van der Waals surface area contributed by atoms with Gasteiger partial charge in [0, 0.05) is 12.0 Å². The van der Waals surface area contributed by atoms with Gasteiger partial charge in [-0.1, -0.05) is 41.6 Å². The normalized spacial score (nSPS) is 17.6. The fraction of sp³-hybridized carbons (Fsp3) is 0.286. The maximum atomic E-state index is 11.7. The number of benzene rings is 2. The van der Waals surface area contributed by atoms with E-state index in [1.54, 1.807) is 6.26 Å². The minimum Gasteiger partial charge on any atom is -0.615 e. The van der Waals surface area contributed by atoms with Crippen molar-refractivity contribution in [3.05, 3.63) is 53.6 Å². The number of amides is 1. The van der Waals surface area contributed by atoms with E-state index >= 15 is 0 Å². The van der Waals surface area contributed by atoms with Crippen LogP contribution < -0.4 is 10.6 Å². The van der Waals surface area contributed by atoms with Gasteiger partial charge in [-0.15, -0.1) is 9.24 Å². The average molecular weight is 427 g/mol. The predicted molar refractivity (Wildman–Crippen MR) is 118 cm³/mol. The summed E-state index contributed by atoms with van der Waals surface area (Å²) in [5, 5.41) is 16.2. The lowest BCUT2D eigenvalue weighted by atomic mass is 9.98. The molecule has 1 N–H and O–H groups in total. The summed E-state index contributed by atoms with van der Waals surface area (Å²) in [6.45, 7) is 0. The first-order chi connectivity index (χ1) is 14.0. The Morgan fingerprint density at radius 1 is 1.38 bits per heavy atom. The van der Waals surface area contributed by atoms with Crippen LogP contribution in [0.2, 0.25) is 0 Å². The molecule has 0 saturated carbocycles. The molecule has 150 valence electrons. The van der Waals surface area contributed by atoms with Crippen molar-refractivity contribution in [1.29, 1.82) is 5.26 Å². The summed E-state index contributed by atoms with van der Waals surface area (Å²) in [6.07, 6.45) is 3.35. The monoisotopic (exact) mass is 427 g/mol. The van der Waals surface area contributed by atoms with Gasteiger partial charge in [0.25, 0.3) is 0 Å². The number of oxime groups is 1. The van der Waals surface area contributed by atoms with Gasteiger partial charge in [-0.05, 0) is 39.2 Å². The minimum absolute atomic E-state index is 0.216. The molecule has 0 saturated heterocycles. The van der Waals surface area contributed by atoms with Crippen LogP contribution in [0.1, 0.15) is 24.0 Å². The number of nitrogens with zero attached hydrogens (tertiary/aromatic N) is 2. The van der Waals surface area contributed by atoms with E-state index in [-0.39, 0.29) is 6.10 Å². The van der Waals surface area contributed by atoms with Gasteiger partial charge in [0.2, 0.25) is 6.41 Å². The third-order valence-electron chi connectivity index (χ3n) is 4.80. The largest absolute Gasteiger partial charge is 0.615 e. The van der Waals surface area contributed by atoms with Crippen LogP contribution in [-0.4, -0.2) is 34.4 Å². The summed E-state index contributed by atoms with van der Waals surface area (Å²) in [6, 6.07) is 16.2. The predicted octanol–water partition coefficient (Wildman–Crippen LogP) is 2.25. The molecule has 8 heteroatoms. The van der Waals surface area contributed by atoms with Crippen LogP contribution in [0.4, 0.5) is 0 Å². The first-order valence-corrected chi connectivity index (χ1v) is 11.3. The van der Waals surface area contributed by atoms with Gasteiger partial charge < -0.3 is 14.7 Å². The van der Waals surface area contributed by atoms with E-state index in [9.17, 15) is 9.35 Å². The van der Waals surface area contributed by atoms with Crippen molar-refractivity contribution < 1.29 is 14.2 Å². The summed E-state index contributed by atoms with van der Waals surface area (Å²) in [5.41, 5.74) is 4.98. The van der Waals surface area contributed by atoms with Crippen LogP contribution >= 0.6 is 9.24 Å². The molecule has 0 radical (unpaired) electrons. The maximum absolute atomic E-state index is 11.7. The molecular weight excluding hydrogens is 405 g/mol. The number of hydrogen-bond acceptors (Lipinski definition) is 5. The highest BCUT2D eigenvalue weighted by molar-refractivity contribution is 7.91. The van der Waals surface area contributed by atoms with E-state index in [1.807, 2.05) is 42.5 Å². The SMILES string of the molecule is C[S+]([O-])C(CC1CC(c2ccc(-c3ccc(CC#N)cc3)c(P)c2)=NO1)NC=O. The lowest BCUT2D eigenvalue weighted by molar-refractivity contribution is -0.109. The Morgan fingerprint density at radius 3 is 2.72 bits per heavy atom. The van der Waals surface area contributed by atoms with Gasteiger partial charge in [0.1, 0.15) is 6.10 Å². The van der Waals surface area contributed by atoms with Crippen molar-refractivity contribution in [1.82, 2.24) is 5.32 Å². The van der Waals surface area contributed by atoms with Gasteiger partial charge in [0.15, 0.2) is 5.37 Å². The zero-order valence-electron chi connectivity index (χ0n) is 16.0. The molecule has 4 atom stereocenters. The molecule has 4 unspecified atom stereocenters. The molecule has 0 fully saturated rings. The fourth-order valence-electron chi connectivity index (χ4n) is 3.24. The van der Waals surface area contributed by atoms with Gasteiger partial charge >= 0.3 is 0 Å². The quantitative estimate of drug-likeness (QED) is 0.397. The van der Waals surface area contributed by atoms with Crippen molar-refractivity contribution in [2.45, 2.75) is 30.7 Å². The van der Waals surface area contributed by atoms with E-state index in [0.29, 0.717) is 25.7 Å². The zero-order chi connectivity index (χ0) is 20.8. The number of carbonyl (C=O) groups is 1. The van der Waals surface area contributed by atoms with Crippen LogP contribution in [0.3, 0.4) is 0 Å². The lowest BCUT2D eigenvalue weighted by Crippen LogP contribution is -2.38. The molecule has 6 nitrogen and oxygen atoms in total. The molecule has 1 amide bonds. The van der Waals surface area contributed by atoms with Gasteiger partial charge in [-0.2, -0.15) is 5.26 Å². The molecular formula is C21H22N3O3PS. The Balaban J connectivity index is 1.69. The molecule has 1 aliphatic rings. The first kappa shape index (κ1) is 21.3. The van der Waals surface area contributed by atoms with E-state index in [0.717, 1.165) is 33.3 Å². The smallest absolute Gasteiger partial charge is 0.210 e. The van der Waals surface area contributed by atoms with Gasteiger partial charge in [0.05, 0.1) is 30.9 Å². The van der Waals surface area contributed by atoms with Crippen LogP contribution in [0.5, 0.6) is 0 Å². The summed E-state index contributed by atoms with van der Waals surface area (Å²) in [7, 11) is 2.76. The number of hydrogen-bond donors (Lipinski definition) is 1. The van der Waals surface area contributed by atoms with Crippen LogP contribution in [0.15, 0.2) is 47.6 Å². The molecule has 0 aromatic heterocycles. The summed E-state index contributed by atoms with van der Waals surface area (Å²) in [4.78, 5) is 16.2. The van der Waals surface area contributed by atoms with Gasteiger partial charge in [-0.25, -0.2) is 0 Å². The Morgan fingerprint density at radius 2 is 2.10 bits per heavy atom. The van der Waals surface area contributed by atoms with Crippen molar-refractivity contribution >= 4 is 37.8 Å². The molecule has 3 rings (SSSR count). The highest BCUT2D eigenvalue weighted by Crippen LogP contribution is 2.25. The maximum Gasteiger partial charge on any atom is 0.210 e. The van der Waals surface area contributed by atoms with Crippen LogP contribution in [0.25, 0.3) is 11.1 Å². The van der Waals surface area contributed by atoms with Crippen molar-refractivity contribution in [3.63, 3.8) is 0 Å². The zero-order valence-corrected chi connectivity index (χ0v) is 18.0. The van der Waals surface area contributed by atoms with Crippen LogP contribution in [-0.2, 0) is 27.2 Å². The number of nitrogens with one attached hydrogen (secondary N) is 1. The molecule has 1 heterocycles. The third kappa shape index (κ3) is 5.36. The summed E-state index contributed by atoms with van der Waals surface area (Å²) < 4.78 is 11.7. The molecule has 2 aromatic rings. The molecule has 29 heavy (non-hydrogen) atoms. The average Bonchev–Trinajstić information content (AvgIpc) is 3.17. The number of nitriles is 1. The molecule has 2 aromatic carbocycles. The molecule has 0 bridgehead atoms. The van der Waals surface area contributed by atoms with E-state index in [4.69, 9.17) is 10.1 Å². The van der Waals surface area contributed by atoms with Gasteiger partial charge in [-0.3, -0.25) is 4.79 Å². The van der Waals surface area contributed by atoms with Crippen molar-refractivity contribution in [2.24, 2.45) is 5.16 Å². The Hall–Kier alpha value is -2.39. The van der Waals surface area contributed by atoms with E-state index in [2.05, 4.69) is 25.8 Å².